The van der Waals surface area contributed by atoms with E-state index in [2.05, 4.69) is 33.1 Å². The van der Waals surface area contributed by atoms with Crippen LogP contribution < -0.4 is 10.6 Å². The standard InChI is InChI=1S/C11H17BrN2O2/c1-8(12)6-13-10(15)7-14-11(16)9-4-2-3-5-9/h9H,1-7H2,(H,13,15)(H,14,16). The van der Waals surface area contributed by atoms with Crippen LogP contribution in [-0.2, 0) is 9.59 Å². The summed E-state index contributed by atoms with van der Waals surface area (Å²) in [6.45, 7) is 4.04. The summed E-state index contributed by atoms with van der Waals surface area (Å²) in [5.41, 5.74) is 0. The highest BCUT2D eigenvalue weighted by Crippen LogP contribution is 2.24. The first-order valence-electron chi connectivity index (χ1n) is 5.47. The summed E-state index contributed by atoms with van der Waals surface area (Å²) >= 11 is 3.14. The molecule has 0 unspecified atom stereocenters. The summed E-state index contributed by atoms with van der Waals surface area (Å²) in [4.78, 5) is 22.8. The predicted molar refractivity (Wildman–Crippen MR) is 66.0 cm³/mol. The van der Waals surface area contributed by atoms with Crippen LogP contribution in [0.1, 0.15) is 25.7 Å². The number of carbonyl (C=O) groups excluding carboxylic acids is 2. The number of rotatable bonds is 5. The van der Waals surface area contributed by atoms with Crippen molar-refractivity contribution in [3.63, 3.8) is 0 Å². The molecule has 1 fully saturated rings. The number of nitrogens with one attached hydrogen (secondary N) is 2. The molecule has 0 aromatic rings. The van der Waals surface area contributed by atoms with Crippen LogP contribution in [0.15, 0.2) is 11.1 Å². The van der Waals surface area contributed by atoms with Gasteiger partial charge >= 0.3 is 0 Å². The summed E-state index contributed by atoms with van der Waals surface area (Å²) in [5.74, 6) is -0.0730. The van der Waals surface area contributed by atoms with E-state index in [-0.39, 0.29) is 24.3 Å². The van der Waals surface area contributed by atoms with Crippen LogP contribution in [0.4, 0.5) is 0 Å². The Balaban J connectivity index is 2.15. The lowest BCUT2D eigenvalue weighted by atomic mass is 10.1. The zero-order chi connectivity index (χ0) is 12.0. The zero-order valence-corrected chi connectivity index (χ0v) is 10.8. The van der Waals surface area contributed by atoms with Gasteiger partial charge in [-0.15, -0.1) is 0 Å². The molecule has 1 saturated carbocycles. The molecule has 90 valence electrons. The first-order valence-corrected chi connectivity index (χ1v) is 6.26. The molecule has 1 aliphatic rings. The van der Waals surface area contributed by atoms with E-state index in [0.29, 0.717) is 11.0 Å². The number of hydrogen-bond donors (Lipinski definition) is 2. The molecule has 5 heteroatoms. The number of hydrogen-bond acceptors (Lipinski definition) is 2. The lowest BCUT2D eigenvalue weighted by Crippen LogP contribution is -2.39. The first kappa shape index (κ1) is 13.2. The van der Waals surface area contributed by atoms with Crippen molar-refractivity contribution in [1.82, 2.24) is 10.6 Å². The monoisotopic (exact) mass is 288 g/mol. The quantitative estimate of drug-likeness (QED) is 0.802. The topological polar surface area (TPSA) is 58.2 Å². The second-order valence-electron chi connectivity index (χ2n) is 3.99. The van der Waals surface area contributed by atoms with Gasteiger partial charge in [0, 0.05) is 16.9 Å². The summed E-state index contributed by atoms with van der Waals surface area (Å²) in [5, 5.41) is 5.28. The highest BCUT2D eigenvalue weighted by molar-refractivity contribution is 9.11. The molecule has 2 amide bonds. The van der Waals surface area contributed by atoms with Crippen LogP contribution in [0, 0.1) is 5.92 Å². The predicted octanol–water partition coefficient (Wildman–Crippen LogP) is 1.32. The van der Waals surface area contributed by atoms with E-state index in [4.69, 9.17) is 0 Å². The summed E-state index contributed by atoms with van der Waals surface area (Å²) in [7, 11) is 0. The van der Waals surface area contributed by atoms with E-state index in [1.807, 2.05) is 0 Å². The Labute approximate surface area is 104 Å². The van der Waals surface area contributed by atoms with Gasteiger partial charge in [-0.3, -0.25) is 9.59 Å². The summed E-state index contributed by atoms with van der Waals surface area (Å²) in [6, 6.07) is 0. The van der Waals surface area contributed by atoms with Gasteiger partial charge in [0.2, 0.25) is 11.8 Å². The maximum absolute atomic E-state index is 11.6. The molecule has 0 saturated heterocycles. The van der Waals surface area contributed by atoms with E-state index in [1.54, 1.807) is 0 Å². The van der Waals surface area contributed by atoms with Gasteiger partial charge in [0.25, 0.3) is 0 Å². The smallest absolute Gasteiger partial charge is 0.239 e. The molecule has 0 aliphatic heterocycles. The minimum absolute atomic E-state index is 0.00492. The Bertz CT molecular complexity index is 286. The molecule has 0 aromatic heterocycles. The second kappa shape index (κ2) is 6.68. The third-order valence-corrected chi connectivity index (χ3v) is 2.91. The van der Waals surface area contributed by atoms with Crippen molar-refractivity contribution in [3.05, 3.63) is 11.1 Å². The largest absolute Gasteiger partial charge is 0.350 e. The van der Waals surface area contributed by atoms with E-state index in [0.717, 1.165) is 25.7 Å². The van der Waals surface area contributed by atoms with Crippen LogP contribution in [0.3, 0.4) is 0 Å². The molecular weight excluding hydrogens is 272 g/mol. The number of carbonyl (C=O) groups is 2. The Hall–Kier alpha value is -0.840. The third-order valence-electron chi connectivity index (χ3n) is 2.63. The van der Waals surface area contributed by atoms with Crippen molar-refractivity contribution < 1.29 is 9.59 Å². The summed E-state index contributed by atoms with van der Waals surface area (Å²) in [6.07, 6.45) is 4.14. The SMILES string of the molecule is C=C(Br)CNC(=O)CNC(=O)C1CCCC1. The molecule has 0 radical (unpaired) electrons. The molecule has 4 nitrogen and oxygen atoms in total. The van der Waals surface area contributed by atoms with Crippen LogP contribution >= 0.6 is 15.9 Å². The fraction of sp³-hybridized carbons (Fsp3) is 0.636. The highest BCUT2D eigenvalue weighted by atomic mass is 79.9. The van der Waals surface area contributed by atoms with Gasteiger partial charge in [0.05, 0.1) is 6.54 Å². The average Bonchev–Trinajstić information content (AvgIpc) is 2.76. The lowest BCUT2D eigenvalue weighted by Gasteiger charge is -2.10. The van der Waals surface area contributed by atoms with Gasteiger partial charge in [-0.2, -0.15) is 0 Å². The molecule has 16 heavy (non-hydrogen) atoms. The van der Waals surface area contributed by atoms with Crippen molar-refractivity contribution >= 4 is 27.7 Å². The van der Waals surface area contributed by atoms with Crippen molar-refractivity contribution in [2.45, 2.75) is 25.7 Å². The molecule has 1 aliphatic carbocycles. The van der Waals surface area contributed by atoms with Crippen molar-refractivity contribution in [2.75, 3.05) is 13.1 Å². The molecule has 0 aromatic carbocycles. The Kier molecular flexibility index (Phi) is 5.52. The maximum atomic E-state index is 11.6. The van der Waals surface area contributed by atoms with Crippen molar-refractivity contribution in [1.29, 1.82) is 0 Å². The minimum atomic E-state index is -0.188. The minimum Gasteiger partial charge on any atom is -0.350 e. The van der Waals surface area contributed by atoms with Crippen LogP contribution in [0.5, 0.6) is 0 Å². The molecular formula is C11H17BrN2O2. The van der Waals surface area contributed by atoms with Crippen LogP contribution in [-0.4, -0.2) is 24.9 Å². The Morgan fingerprint density at radius 1 is 1.19 bits per heavy atom. The molecule has 2 N–H and O–H groups in total. The van der Waals surface area contributed by atoms with Gasteiger partial charge in [-0.25, -0.2) is 0 Å². The fourth-order valence-corrected chi connectivity index (χ4v) is 1.90. The van der Waals surface area contributed by atoms with Gasteiger partial charge < -0.3 is 10.6 Å². The Morgan fingerprint density at radius 3 is 2.38 bits per heavy atom. The van der Waals surface area contributed by atoms with E-state index < -0.39 is 0 Å². The number of amides is 2. The fourth-order valence-electron chi connectivity index (χ4n) is 1.76. The molecule has 1 rings (SSSR count). The van der Waals surface area contributed by atoms with Crippen molar-refractivity contribution in [3.8, 4) is 0 Å². The highest BCUT2D eigenvalue weighted by Gasteiger charge is 2.22. The molecule has 0 bridgehead atoms. The lowest BCUT2D eigenvalue weighted by molar-refractivity contribution is -0.128. The van der Waals surface area contributed by atoms with E-state index in [9.17, 15) is 9.59 Å². The zero-order valence-electron chi connectivity index (χ0n) is 9.22. The maximum Gasteiger partial charge on any atom is 0.239 e. The van der Waals surface area contributed by atoms with Crippen LogP contribution in [0.2, 0.25) is 0 Å². The van der Waals surface area contributed by atoms with Gasteiger partial charge in [0.1, 0.15) is 0 Å². The summed E-state index contributed by atoms with van der Waals surface area (Å²) < 4.78 is 0.711. The van der Waals surface area contributed by atoms with Gasteiger partial charge in [-0.05, 0) is 12.8 Å². The number of halogens is 1. The Morgan fingerprint density at radius 2 is 1.81 bits per heavy atom. The second-order valence-corrected chi connectivity index (χ2v) is 5.11. The molecule has 0 atom stereocenters. The van der Waals surface area contributed by atoms with E-state index >= 15 is 0 Å². The van der Waals surface area contributed by atoms with Gasteiger partial charge in [-0.1, -0.05) is 35.4 Å². The van der Waals surface area contributed by atoms with Gasteiger partial charge in [0.15, 0.2) is 0 Å². The van der Waals surface area contributed by atoms with E-state index in [1.165, 1.54) is 0 Å². The third kappa shape index (κ3) is 4.79. The normalized spacial score (nSPS) is 15.8. The van der Waals surface area contributed by atoms with Crippen LogP contribution in [0.25, 0.3) is 0 Å². The molecule has 0 spiro atoms. The average molecular weight is 289 g/mol. The molecule has 0 heterocycles. The first-order chi connectivity index (χ1) is 7.59. The van der Waals surface area contributed by atoms with Crippen molar-refractivity contribution in [2.24, 2.45) is 5.92 Å².